The molecule has 0 aromatic heterocycles. The van der Waals surface area contributed by atoms with E-state index in [1.54, 1.807) is 7.11 Å². The van der Waals surface area contributed by atoms with E-state index >= 15 is 0 Å². The molecule has 1 amide bonds. The summed E-state index contributed by atoms with van der Waals surface area (Å²) in [6, 6.07) is 7.39. The molecule has 0 saturated heterocycles. The summed E-state index contributed by atoms with van der Waals surface area (Å²) in [5, 5.41) is 12.3. The van der Waals surface area contributed by atoms with Gasteiger partial charge in [-0.3, -0.25) is 9.59 Å². The molecule has 2 atom stereocenters. The smallest absolute Gasteiger partial charge is 0.308 e. The highest BCUT2D eigenvalue weighted by Gasteiger charge is 2.24. The van der Waals surface area contributed by atoms with Crippen LogP contribution >= 0.6 is 0 Å². The molecule has 0 spiro atoms. The number of aliphatic carboxylic acids is 1. The van der Waals surface area contributed by atoms with Gasteiger partial charge in [-0.25, -0.2) is 0 Å². The number of para-hydroxylation sites is 1. The molecule has 1 aliphatic rings. The Hall–Kier alpha value is -2.04. The lowest BCUT2D eigenvalue weighted by Crippen LogP contribution is -2.37. The van der Waals surface area contributed by atoms with Gasteiger partial charge >= 0.3 is 5.97 Å². The van der Waals surface area contributed by atoms with E-state index in [0.29, 0.717) is 18.1 Å². The van der Waals surface area contributed by atoms with Crippen molar-refractivity contribution >= 4 is 11.9 Å². The van der Waals surface area contributed by atoms with E-state index in [2.05, 4.69) is 5.32 Å². The van der Waals surface area contributed by atoms with E-state index in [1.165, 1.54) is 25.7 Å². The summed E-state index contributed by atoms with van der Waals surface area (Å²) < 4.78 is 5.28. The van der Waals surface area contributed by atoms with Gasteiger partial charge in [-0.1, -0.05) is 50.8 Å². The van der Waals surface area contributed by atoms with E-state index in [0.717, 1.165) is 12.0 Å². The molecule has 1 saturated carbocycles. The van der Waals surface area contributed by atoms with Gasteiger partial charge in [-0.2, -0.15) is 0 Å². The highest BCUT2D eigenvalue weighted by atomic mass is 16.5. The van der Waals surface area contributed by atoms with Crippen LogP contribution in [0.25, 0.3) is 0 Å². The normalized spacial score (nSPS) is 17.0. The van der Waals surface area contributed by atoms with Gasteiger partial charge in [0.25, 0.3) is 0 Å². The molecule has 0 heterocycles. The zero-order chi connectivity index (χ0) is 18.2. The quantitative estimate of drug-likeness (QED) is 0.719. The first-order chi connectivity index (χ1) is 12.0. The molecule has 0 bridgehead atoms. The fourth-order valence-corrected chi connectivity index (χ4v) is 3.63. The van der Waals surface area contributed by atoms with Crippen LogP contribution in [0.15, 0.2) is 24.3 Å². The maximum absolute atomic E-state index is 12.3. The van der Waals surface area contributed by atoms with Gasteiger partial charge in [0.15, 0.2) is 0 Å². The molecule has 2 unspecified atom stereocenters. The van der Waals surface area contributed by atoms with Crippen LogP contribution in [0.5, 0.6) is 5.75 Å². The highest BCUT2D eigenvalue weighted by Crippen LogP contribution is 2.30. The molecular weight excluding hydrogens is 318 g/mol. The minimum absolute atomic E-state index is 0.0434. The van der Waals surface area contributed by atoms with Crippen molar-refractivity contribution in [3.05, 3.63) is 29.8 Å². The van der Waals surface area contributed by atoms with Gasteiger partial charge in [0, 0.05) is 12.5 Å². The first kappa shape index (κ1) is 19.3. The third-order valence-corrected chi connectivity index (χ3v) is 5.14. The molecule has 5 heteroatoms. The monoisotopic (exact) mass is 347 g/mol. The predicted octanol–water partition coefficient (Wildman–Crippen LogP) is 3.27. The fraction of sp³-hybridized carbons (Fsp3) is 0.600. The molecule has 138 valence electrons. The van der Waals surface area contributed by atoms with Crippen molar-refractivity contribution in [3.8, 4) is 5.75 Å². The van der Waals surface area contributed by atoms with E-state index in [1.807, 2.05) is 31.2 Å². The van der Waals surface area contributed by atoms with Crippen LogP contribution in [0.3, 0.4) is 0 Å². The Morgan fingerprint density at radius 2 is 1.96 bits per heavy atom. The Balaban J connectivity index is 1.88. The SMILES string of the molecule is COc1ccccc1CC(CNC(=O)C(C)CC1CCCC1)C(=O)O. The van der Waals surface area contributed by atoms with Gasteiger partial charge in [0.05, 0.1) is 13.0 Å². The van der Waals surface area contributed by atoms with E-state index < -0.39 is 11.9 Å². The lowest BCUT2D eigenvalue weighted by Gasteiger charge is -2.19. The maximum atomic E-state index is 12.3. The summed E-state index contributed by atoms with van der Waals surface area (Å²) in [5.74, 6) is -0.366. The average Bonchev–Trinajstić information content (AvgIpc) is 3.11. The summed E-state index contributed by atoms with van der Waals surface area (Å²) in [5.41, 5.74) is 0.839. The van der Waals surface area contributed by atoms with Crippen LogP contribution in [0.2, 0.25) is 0 Å². The number of rotatable bonds is 9. The summed E-state index contributed by atoms with van der Waals surface area (Å²) in [7, 11) is 1.57. The Morgan fingerprint density at radius 1 is 1.28 bits per heavy atom. The molecular formula is C20H29NO4. The number of carboxylic acids is 1. The molecule has 0 aliphatic heterocycles. The molecule has 1 aromatic carbocycles. The molecule has 1 aliphatic carbocycles. The van der Waals surface area contributed by atoms with Crippen LogP contribution < -0.4 is 10.1 Å². The minimum Gasteiger partial charge on any atom is -0.496 e. The second kappa shape index (κ2) is 9.44. The lowest BCUT2D eigenvalue weighted by atomic mass is 9.93. The van der Waals surface area contributed by atoms with Crippen LogP contribution in [0.4, 0.5) is 0 Å². The molecule has 0 radical (unpaired) electrons. The Morgan fingerprint density at radius 3 is 2.60 bits per heavy atom. The average molecular weight is 347 g/mol. The van der Waals surface area contributed by atoms with Crippen LogP contribution in [-0.2, 0) is 16.0 Å². The third kappa shape index (κ3) is 5.76. The van der Waals surface area contributed by atoms with Crippen molar-refractivity contribution in [2.75, 3.05) is 13.7 Å². The van der Waals surface area contributed by atoms with Gasteiger partial charge in [-0.15, -0.1) is 0 Å². The number of hydrogen-bond donors (Lipinski definition) is 2. The zero-order valence-electron chi connectivity index (χ0n) is 15.2. The number of benzene rings is 1. The Kier molecular flexibility index (Phi) is 7.29. The maximum Gasteiger partial charge on any atom is 0.308 e. The predicted molar refractivity (Wildman–Crippen MR) is 96.6 cm³/mol. The first-order valence-electron chi connectivity index (χ1n) is 9.13. The van der Waals surface area contributed by atoms with Crippen molar-refractivity contribution in [1.82, 2.24) is 5.32 Å². The van der Waals surface area contributed by atoms with Gasteiger partial charge in [0.2, 0.25) is 5.91 Å². The number of carbonyl (C=O) groups is 2. The summed E-state index contributed by atoms with van der Waals surface area (Å²) >= 11 is 0. The van der Waals surface area contributed by atoms with Gasteiger partial charge in [-0.05, 0) is 30.4 Å². The first-order valence-corrected chi connectivity index (χ1v) is 9.13. The zero-order valence-corrected chi connectivity index (χ0v) is 15.2. The minimum atomic E-state index is -0.908. The number of amides is 1. The van der Waals surface area contributed by atoms with E-state index in [9.17, 15) is 14.7 Å². The van der Waals surface area contributed by atoms with Crippen molar-refractivity contribution in [3.63, 3.8) is 0 Å². The van der Waals surface area contributed by atoms with Crippen molar-refractivity contribution in [2.45, 2.75) is 45.4 Å². The van der Waals surface area contributed by atoms with Gasteiger partial charge < -0.3 is 15.2 Å². The summed E-state index contributed by atoms with van der Waals surface area (Å²) in [6.07, 6.45) is 6.18. The number of carbonyl (C=O) groups excluding carboxylic acids is 1. The fourth-order valence-electron chi connectivity index (χ4n) is 3.63. The molecule has 1 aromatic rings. The number of hydrogen-bond acceptors (Lipinski definition) is 3. The highest BCUT2D eigenvalue weighted by molar-refractivity contribution is 5.79. The Bertz CT molecular complexity index is 581. The van der Waals surface area contributed by atoms with Crippen LogP contribution in [0, 0.1) is 17.8 Å². The van der Waals surface area contributed by atoms with Crippen molar-refractivity contribution in [2.24, 2.45) is 17.8 Å². The molecule has 2 rings (SSSR count). The topological polar surface area (TPSA) is 75.6 Å². The molecule has 5 nitrogen and oxygen atoms in total. The third-order valence-electron chi connectivity index (χ3n) is 5.14. The molecule has 1 fully saturated rings. The Labute approximate surface area is 149 Å². The second-order valence-corrected chi connectivity index (χ2v) is 7.08. The second-order valence-electron chi connectivity index (χ2n) is 7.08. The number of carboxylic acid groups (broad SMARTS) is 1. The lowest BCUT2D eigenvalue weighted by molar-refractivity contribution is -0.141. The van der Waals surface area contributed by atoms with E-state index in [4.69, 9.17) is 4.74 Å². The largest absolute Gasteiger partial charge is 0.496 e. The standard InChI is InChI=1S/C20H29NO4/c1-14(11-15-7-3-4-8-15)19(22)21-13-17(20(23)24)12-16-9-5-6-10-18(16)25-2/h5-6,9-10,14-15,17H,3-4,7-8,11-13H2,1-2H3,(H,21,22)(H,23,24). The number of nitrogens with one attached hydrogen (secondary N) is 1. The molecule has 2 N–H and O–H groups in total. The number of methoxy groups -OCH3 is 1. The van der Waals surface area contributed by atoms with Crippen LogP contribution in [-0.4, -0.2) is 30.6 Å². The van der Waals surface area contributed by atoms with Crippen molar-refractivity contribution < 1.29 is 19.4 Å². The van der Waals surface area contributed by atoms with E-state index in [-0.39, 0.29) is 18.4 Å². The van der Waals surface area contributed by atoms with Crippen molar-refractivity contribution in [1.29, 1.82) is 0 Å². The number of ether oxygens (including phenoxy) is 1. The summed E-state index contributed by atoms with van der Waals surface area (Å²) in [6.45, 7) is 2.07. The van der Waals surface area contributed by atoms with Crippen LogP contribution in [0.1, 0.15) is 44.6 Å². The van der Waals surface area contributed by atoms with Gasteiger partial charge in [0.1, 0.15) is 5.75 Å². The molecule has 25 heavy (non-hydrogen) atoms. The summed E-state index contributed by atoms with van der Waals surface area (Å²) in [4.78, 5) is 23.9.